The molecule has 1 aliphatic rings. The molecule has 0 radical (unpaired) electrons. The van der Waals surface area contributed by atoms with Gasteiger partial charge >= 0.3 is 5.97 Å². The van der Waals surface area contributed by atoms with Crippen LogP contribution in [0.5, 0.6) is 5.75 Å². The molecule has 0 heterocycles. The van der Waals surface area contributed by atoms with Crippen LogP contribution in [0.3, 0.4) is 0 Å². The minimum absolute atomic E-state index is 0.143. The van der Waals surface area contributed by atoms with Crippen LogP contribution in [-0.2, 0) is 15.6 Å². The molecular weight excluding hydrogens is 372 g/mol. The summed E-state index contributed by atoms with van der Waals surface area (Å²) in [5.41, 5.74) is 7.06. The number of rotatable bonds is 5. The maximum Gasteiger partial charge on any atom is 0.328 e. The van der Waals surface area contributed by atoms with Crippen molar-refractivity contribution in [2.45, 2.75) is 58.3 Å². The van der Waals surface area contributed by atoms with E-state index < -0.39 is 5.97 Å². The Hall–Kier alpha value is -2.81. The first-order chi connectivity index (χ1) is 14.0. The summed E-state index contributed by atoms with van der Waals surface area (Å²) in [7, 11) is 1.69. The van der Waals surface area contributed by atoms with Crippen LogP contribution in [-0.4, -0.2) is 18.2 Å². The standard InChI is InChI=1S/C27H32O3/c1-18(15-25(28)29)7-8-19-9-12-24(30-6)21(16-19)20-10-11-22-23(17-20)27(4,5)14-13-26(22,2)3/h7-12,15-17H,13-14H2,1-6H3,(H,28,29)/b8-7+,18-15+. The van der Waals surface area contributed by atoms with Gasteiger partial charge in [-0.2, -0.15) is 0 Å². The molecular formula is C27H32O3. The van der Waals surface area contributed by atoms with Crippen LogP contribution in [0.2, 0.25) is 0 Å². The predicted molar refractivity (Wildman–Crippen MR) is 124 cm³/mol. The molecule has 0 saturated heterocycles. The zero-order valence-electron chi connectivity index (χ0n) is 18.9. The van der Waals surface area contributed by atoms with E-state index in [0.717, 1.165) is 22.4 Å². The predicted octanol–water partition coefficient (Wildman–Crippen LogP) is 6.76. The molecule has 2 aromatic carbocycles. The van der Waals surface area contributed by atoms with Crippen molar-refractivity contribution in [3.8, 4) is 16.9 Å². The quantitative estimate of drug-likeness (QED) is 0.442. The summed E-state index contributed by atoms with van der Waals surface area (Å²) in [6, 6.07) is 12.9. The molecule has 1 N–H and O–H groups in total. The Labute approximate surface area is 180 Å². The highest BCUT2D eigenvalue weighted by atomic mass is 16.5. The number of hydrogen-bond donors (Lipinski definition) is 1. The highest BCUT2D eigenvalue weighted by Gasteiger charge is 2.37. The topological polar surface area (TPSA) is 46.5 Å². The number of ether oxygens (including phenoxy) is 1. The molecule has 0 saturated carbocycles. The number of benzene rings is 2. The molecule has 0 fully saturated rings. The summed E-state index contributed by atoms with van der Waals surface area (Å²) in [6.07, 6.45) is 7.32. The molecule has 0 amide bonds. The molecule has 0 spiro atoms. The molecule has 158 valence electrons. The fourth-order valence-corrected chi connectivity index (χ4v) is 4.28. The molecule has 0 aromatic heterocycles. The van der Waals surface area contributed by atoms with Gasteiger partial charge in [0.1, 0.15) is 5.75 Å². The van der Waals surface area contributed by atoms with Crippen LogP contribution in [0, 0.1) is 0 Å². The zero-order valence-corrected chi connectivity index (χ0v) is 18.9. The second-order valence-corrected chi connectivity index (χ2v) is 9.55. The van der Waals surface area contributed by atoms with Crippen molar-refractivity contribution >= 4 is 12.0 Å². The van der Waals surface area contributed by atoms with Gasteiger partial charge in [0, 0.05) is 11.6 Å². The van der Waals surface area contributed by atoms with Gasteiger partial charge in [-0.25, -0.2) is 4.79 Å². The minimum Gasteiger partial charge on any atom is -0.496 e. The van der Waals surface area contributed by atoms with E-state index in [2.05, 4.69) is 52.0 Å². The van der Waals surface area contributed by atoms with Crippen molar-refractivity contribution in [3.05, 3.63) is 70.8 Å². The van der Waals surface area contributed by atoms with Gasteiger partial charge in [0.15, 0.2) is 0 Å². The molecule has 3 rings (SSSR count). The third kappa shape index (κ3) is 4.51. The molecule has 30 heavy (non-hydrogen) atoms. The van der Waals surface area contributed by atoms with Crippen LogP contribution >= 0.6 is 0 Å². The Balaban J connectivity index is 2.07. The Morgan fingerprint density at radius 1 is 1.00 bits per heavy atom. The molecule has 3 nitrogen and oxygen atoms in total. The van der Waals surface area contributed by atoms with Crippen LogP contribution in [0.4, 0.5) is 0 Å². The van der Waals surface area contributed by atoms with Crippen molar-refractivity contribution in [3.63, 3.8) is 0 Å². The van der Waals surface area contributed by atoms with E-state index in [1.807, 2.05) is 24.3 Å². The summed E-state index contributed by atoms with van der Waals surface area (Å²) >= 11 is 0. The number of carbonyl (C=O) groups is 1. The fraction of sp³-hybridized carbons (Fsp3) is 0.370. The summed E-state index contributed by atoms with van der Waals surface area (Å²) in [4.78, 5) is 10.8. The van der Waals surface area contributed by atoms with Gasteiger partial charge in [-0.15, -0.1) is 0 Å². The SMILES string of the molecule is COc1ccc(/C=C/C(C)=C/C(=O)O)cc1-c1ccc2c(c1)C(C)(C)CCC2(C)C. The maximum atomic E-state index is 10.8. The van der Waals surface area contributed by atoms with E-state index >= 15 is 0 Å². The zero-order chi connectivity index (χ0) is 22.1. The summed E-state index contributed by atoms with van der Waals surface area (Å²) in [5.74, 6) is -0.107. The van der Waals surface area contributed by atoms with Crippen molar-refractivity contribution in [2.24, 2.45) is 0 Å². The number of hydrogen-bond acceptors (Lipinski definition) is 2. The second-order valence-electron chi connectivity index (χ2n) is 9.55. The summed E-state index contributed by atoms with van der Waals surface area (Å²) in [6.45, 7) is 11.1. The number of allylic oxidation sites excluding steroid dienone is 2. The smallest absolute Gasteiger partial charge is 0.328 e. The normalized spacial score (nSPS) is 17.6. The maximum absolute atomic E-state index is 10.8. The number of carboxylic acid groups (broad SMARTS) is 1. The van der Waals surface area contributed by atoms with Gasteiger partial charge < -0.3 is 9.84 Å². The van der Waals surface area contributed by atoms with Gasteiger partial charge in [-0.1, -0.05) is 64.1 Å². The van der Waals surface area contributed by atoms with Crippen molar-refractivity contribution in [1.29, 1.82) is 0 Å². The third-order valence-corrected chi connectivity index (χ3v) is 6.28. The molecule has 0 atom stereocenters. The number of carboxylic acids is 1. The molecule has 0 aliphatic heterocycles. The average molecular weight is 405 g/mol. The van der Waals surface area contributed by atoms with Crippen molar-refractivity contribution < 1.29 is 14.6 Å². The Morgan fingerprint density at radius 2 is 1.67 bits per heavy atom. The minimum atomic E-state index is -0.938. The number of aliphatic carboxylic acids is 1. The largest absolute Gasteiger partial charge is 0.496 e. The van der Waals surface area contributed by atoms with Gasteiger partial charge in [-0.3, -0.25) is 0 Å². The van der Waals surface area contributed by atoms with Crippen molar-refractivity contribution in [2.75, 3.05) is 7.11 Å². The van der Waals surface area contributed by atoms with Crippen LogP contribution in [0.25, 0.3) is 17.2 Å². The third-order valence-electron chi connectivity index (χ3n) is 6.28. The van der Waals surface area contributed by atoms with Crippen LogP contribution in [0.1, 0.15) is 64.2 Å². The molecule has 3 heteroatoms. The average Bonchev–Trinajstić information content (AvgIpc) is 2.69. The lowest BCUT2D eigenvalue weighted by Crippen LogP contribution is -2.33. The molecule has 2 aromatic rings. The van der Waals surface area contributed by atoms with Gasteiger partial charge in [0.25, 0.3) is 0 Å². The van der Waals surface area contributed by atoms with Crippen molar-refractivity contribution in [1.82, 2.24) is 0 Å². The van der Waals surface area contributed by atoms with Crippen LogP contribution in [0.15, 0.2) is 54.1 Å². The highest BCUT2D eigenvalue weighted by molar-refractivity contribution is 5.81. The second kappa shape index (κ2) is 8.14. The van der Waals surface area contributed by atoms with E-state index in [-0.39, 0.29) is 10.8 Å². The molecule has 0 unspecified atom stereocenters. The lowest BCUT2D eigenvalue weighted by Gasteiger charge is -2.42. The number of methoxy groups -OCH3 is 1. The van der Waals surface area contributed by atoms with E-state index in [9.17, 15) is 4.79 Å². The summed E-state index contributed by atoms with van der Waals surface area (Å²) in [5, 5.41) is 8.89. The highest BCUT2D eigenvalue weighted by Crippen LogP contribution is 2.47. The lowest BCUT2D eigenvalue weighted by molar-refractivity contribution is -0.131. The first kappa shape index (κ1) is 21.9. The lowest BCUT2D eigenvalue weighted by atomic mass is 9.63. The molecule has 1 aliphatic carbocycles. The van der Waals surface area contributed by atoms with Gasteiger partial charge in [0.2, 0.25) is 0 Å². The first-order valence-corrected chi connectivity index (χ1v) is 10.5. The monoisotopic (exact) mass is 404 g/mol. The summed E-state index contributed by atoms with van der Waals surface area (Å²) < 4.78 is 5.66. The fourth-order valence-electron chi connectivity index (χ4n) is 4.28. The van der Waals surface area contributed by atoms with E-state index in [4.69, 9.17) is 9.84 Å². The van der Waals surface area contributed by atoms with E-state index in [1.54, 1.807) is 14.0 Å². The molecule has 0 bridgehead atoms. The Morgan fingerprint density at radius 3 is 2.30 bits per heavy atom. The van der Waals surface area contributed by atoms with E-state index in [1.165, 1.54) is 30.0 Å². The Bertz CT molecular complexity index is 1020. The van der Waals surface area contributed by atoms with Gasteiger partial charge in [0.05, 0.1) is 7.11 Å². The Kier molecular flexibility index (Phi) is 5.94. The van der Waals surface area contributed by atoms with E-state index in [0.29, 0.717) is 5.57 Å². The van der Waals surface area contributed by atoms with Gasteiger partial charge in [-0.05, 0) is 70.6 Å². The van der Waals surface area contributed by atoms with Crippen LogP contribution < -0.4 is 4.74 Å². The number of fused-ring (bicyclic) bond motifs is 1. The first-order valence-electron chi connectivity index (χ1n) is 10.5.